The Hall–Kier alpha value is -2.40. The van der Waals surface area contributed by atoms with E-state index in [0.29, 0.717) is 0 Å². The van der Waals surface area contributed by atoms with E-state index in [0.717, 1.165) is 0 Å². The average molecular weight is 654 g/mol. The SMILES string of the molecule is C=C(C)C(=O)OC(F)(C(F)(F)C(F)(F)F)C(F)(F)C(F)(F)C(F)(F)C(F)(F)C(F)(F)C(F)(C(F)(F)F)C(F)(F)F. The zero-order chi connectivity index (χ0) is 33.4. The van der Waals surface area contributed by atoms with E-state index in [1.165, 1.54) is 0 Å². The highest BCUT2D eigenvalue weighted by Gasteiger charge is 3.00. The van der Waals surface area contributed by atoms with Crippen LogP contribution in [0.4, 0.5) is 101 Å². The van der Waals surface area contributed by atoms with Crippen molar-refractivity contribution in [3.05, 3.63) is 12.2 Å². The molecule has 0 N–H and O–H groups in total. The maximum atomic E-state index is 14.4. The summed E-state index contributed by atoms with van der Waals surface area (Å²) in [5.41, 5.74) is -10.9. The molecular weight excluding hydrogens is 649 g/mol. The van der Waals surface area contributed by atoms with Crippen LogP contribution in [0.15, 0.2) is 12.2 Å². The van der Waals surface area contributed by atoms with E-state index in [2.05, 4.69) is 11.3 Å². The first kappa shape index (κ1) is 37.6. The number of hydrogen-bond acceptors (Lipinski definition) is 2. The van der Waals surface area contributed by atoms with E-state index >= 15 is 0 Å². The maximum Gasteiger partial charge on any atom is 0.461 e. The lowest BCUT2D eigenvalue weighted by Crippen LogP contribution is -2.79. The summed E-state index contributed by atoms with van der Waals surface area (Å²) in [6, 6.07) is 0. The highest BCUT2D eigenvalue weighted by Crippen LogP contribution is 2.67. The lowest BCUT2D eigenvalue weighted by Gasteiger charge is -2.46. The van der Waals surface area contributed by atoms with Crippen LogP contribution in [0.25, 0.3) is 0 Å². The topological polar surface area (TPSA) is 26.3 Å². The Morgan fingerprint density at radius 3 is 0.975 bits per heavy atom. The maximum absolute atomic E-state index is 14.4. The number of rotatable bonds is 9. The Balaban J connectivity index is 7.75. The van der Waals surface area contributed by atoms with Crippen molar-refractivity contribution in [2.45, 2.75) is 72.5 Å². The summed E-state index contributed by atoms with van der Waals surface area (Å²) in [5.74, 6) is -67.4. The predicted octanol–water partition coefficient (Wildman–Crippen LogP) is 7.98. The van der Waals surface area contributed by atoms with E-state index in [-0.39, 0.29) is 6.92 Å². The second kappa shape index (κ2) is 9.31. The van der Waals surface area contributed by atoms with Crippen LogP contribution in [0.2, 0.25) is 0 Å². The van der Waals surface area contributed by atoms with E-state index in [1.807, 2.05) is 0 Å². The Bertz CT molecular complexity index is 968. The summed E-state index contributed by atoms with van der Waals surface area (Å²) in [6.07, 6.45) is -25.2. The molecule has 0 aromatic heterocycles. The van der Waals surface area contributed by atoms with Crippen LogP contribution in [0.5, 0.6) is 0 Å². The molecule has 0 aliphatic rings. The van der Waals surface area contributed by atoms with Gasteiger partial charge in [-0.2, -0.15) is 96.6 Å². The van der Waals surface area contributed by atoms with Crippen molar-refractivity contribution >= 4 is 5.97 Å². The van der Waals surface area contributed by atoms with Crippen molar-refractivity contribution in [3.63, 3.8) is 0 Å². The van der Waals surface area contributed by atoms with Gasteiger partial charge in [0.25, 0.3) is 0 Å². The van der Waals surface area contributed by atoms with Gasteiger partial charge in [0.1, 0.15) is 0 Å². The highest BCUT2D eigenvalue weighted by molar-refractivity contribution is 5.87. The van der Waals surface area contributed by atoms with Gasteiger partial charge < -0.3 is 4.74 Å². The van der Waals surface area contributed by atoms with Crippen LogP contribution in [-0.2, 0) is 9.53 Å². The minimum Gasteiger partial charge on any atom is -0.413 e. The molecule has 0 amide bonds. The molecule has 0 radical (unpaired) electrons. The molecule has 0 fully saturated rings. The molecule has 0 aromatic rings. The van der Waals surface area contributed by atoms with E-state index in [1.54, 1.807) is 0 Å². The van der Waals surface area contributed by atoms with Gasteiger partial charge in [-0.15, -0.1) is 0 Å². The van der Waals surface area contributed by atoms with Crippen molar-refractivity contribution in [2.24, 2.45) is 0 Å². The largest absolute Gasteiger partial charge is 0.461 e. The molecule has 40 heavy (non-hydrogen) atoms. The van der Waals surface area contributed by atoms with Crippen molar-refractivity contribution in [1.29, 1.82) is 0 Å². The lowest BCUT2D eigenvalue weighted by atomic mass is 9.82. The Morgan fingerprint density at radius 2 is 0.725 bits per heavy atom. The number of carbonyl (C=O) groups excluding carboxylic acids is 1. The molecule has 0 spiro atoms. The monoisotopic (exact) mass is 654 g/mol. The quantitative estimate of drug-likeness (QED) is 0.143. The summed E-state index contributed by atoms with van der Waals surface area (Å²) in [5, 5.41) is 0. The first-order chi connectivity index (χ1) is 16.8. The second-order valence-corrected chi connectivity index (χ2v) is 7.36. The van der Waals surface area contributed by atoms with Gasteiger partial charge in [0.2, 0.25) is 0 Å². The van der Waals surface area contributed by atoms with Gasteiger partial charge in [0, 0.05) is 5.57 Å². The van der Waals surface area contributed by atoms with Crippen LogP contribution in [-0.4, -0.2) is 71.6 Å². The Kier molecular flexibility index (Phi) is 8.75. The van der Waals surface area contributed by atoms with E-state index in [9.17, 15) is 106 Å². The molecule has 0 aromatic carbocycles. The highest BCUT2D eigenvalue weighted by atomic mass is 19.4. The normalized spacial score (nSPS) is 17.4. The first-order valence-electron chi connectivity index (χ1n) is 8.56. The molecule has 0 aliphatic heterocycles. The zero-order valence-corrected chi connectivity index (χ0v) is 17.7. The molecular formula is C15H5F23O2. The minimum absolute atomic E-state index is 0.00316. The van der Waals surface area contributed by atoms with Crippen molar-refractivity contribution in [2.75, 3.05) is 0 Å². The lowest BCUT2D eigenvalue weighted by molar-refractivity contribution is -0.491. The number of alkyl halides is 23. The molecule has 0 heterocycles. The summed E-state index contributed by atoms with van der Waals surface area (Å²) in [6.45, 7) is 2.20. The number of ether oxygens (including phenoxy) is 1. The van der Waals surface area contributed by atoms with Gasteiger partial charge >= 0.3 is 71.6 Å². The van der Waals surface area contributed by atoms with Gasteiger partial charge in [0.15, 0.2) is 0 Å². The molecule has 0 saturated carbocycles. The predicted molar refractivity (Wildman–Crippen MR) is 76.4 cm³/mol. The molecule has 1 unspecified atom stereocenters. The summed E-state index contributed by atoms with van der Waals surface area (Å²) in [4.78, 5) is 11.1. The fraction of sp³-hybridized carbons (Fsp3) is 0.800. The van der Waals surface area contributed by atoms with Gasteiger partial charge in [0.05, 0.1) is 0 Å². The third-order valence-electron chi connectivity index (χ3n) is 4.54. The molecule has 0 aliphatic carbocycles. The average Bonchev–Trinajstić information content (AvgIpc) is 2.69. The molecule has 25 heteroatoms. The zero-order valence-electron chi connectivity index (χ0n) is 17.7. The van der Waals surface area contributed by atoms with Crippen LogP contribution in [0.1, 0.15) is 6.92 Å². The first-order valence-corrected chi connectivity index (χ1v) is 8.56. The number of hydrogen-bond donors (Lipinski definition) is 0. The van der Waals surface area contributed by atoms with Gasteiger partial charge in [-0.3, -0.25) is 0 Å². The fourth-order valence-corrected chi connectivity index (χ4v) is 2.25. The molecule has 0 saturated heterocycles. The number of carbonyl (C=O) groups is 1. The minimum atomic E-state index is -9.53. The summed E-state index contributed by atoms with van der Waals surface area (Å²) in [7, 11) is 0. The Labute approximate surface area is 202 Å². The third kappa shape index (κ3) is 4.57. The standard InChI is InChI=1S/C15H5F23O2/c1-3(2)4(39)40-12(29,11(27,28)15(36,37)38)10(25,26)9(23,24)8(21,22)7(19,20)6(17,18)5(16,13(30,31)32)14(33,34)35/h1H2,2H3. The van der Waals surface area contributed by atoms with Crippen molar-refractivity contribution < 1.29 is 111 Å². The van der Waals surface area contributed by atoms with Crippen LogP contribution < -0.4 is 0 Å². The van der Waals surface area contributed by atoms with Crippen LogP contribution in [0.3, 0.4) is 0 Å². The van der Waals surface area contributed by atoms with Crippen molar-refractivity contribution in [3.8, 4) is 0 Å². The second-order valence-electron chi connectivity index (χ2n) is 7.36. The summed E-state index contributed by atoms with van der Waals surface area (Å²) < 4.78 is 307. The molecule has 0 bridgehead atoms. The summed E-state index contributed by atoms with van der Waals surface area (Å²) >= 11 is 0. The molecule has 0 rings (SSSR count). The van der Waals surface area contributed by atoms with Crippen molar-refractivity contribution in [1.82, 2.24) is 0 Å². The van der Waals surface area contributed by atoms with Crippen LogP contribution >= 0.6 is 0 Å². The molecule has 2 nitrogen and oxygen atoms in total. The third-order valence-corrected chi connectivity index (χ3v) is 4.54. The Morgan fingerprint density at radius 1 is 0.450 bits per heavy atom. The number of esters is 1. The number of halogens is 23. The smallest absolute Gasteiger partial charge is 0.413 e. The van der Waals surface area contributed by atoms with Gasteiger partial charge in [-0.05, 0) is 6.92 Å². The van der Waals surface area contributed by atoms with Gasteiger partial charge in [-0.1, -0.05) is 6.58 Å². The van der Waals surface area contributed by atoms with E-state index < -0.39 is 77.1 Å². The van der Waals surface area contributed by atoms with E-state index in [4.69, 9.17) is 0 Å². The fourth-order valence-electron chi connectivity index (χ4n) is 2.25. The van der Waals surface area contributed by atoms with Crippen LogP contribution in [0, 0.1) is 0 Å². The molecule has 1 atom stereocenters. The molecule has 238 valence electrons. The van der Waals surface area contributed by atoms with Gasteiger partial charge in [-0.25, -0.2) is 9.18 Å².